The van der Waals surface area contributed by atoms with E-state index in [1.165, 1.54) is 6.07 Å². The van der Waals surface area contributed by atoms with Gasteiger partial charge in [0, 0.05) is 0 Å². The van der Waals surface area contributed by atoms with Crippen LogP contribution < -0.4 is 16.4 Å². The lowest BCUT2D eigenvalue weighted by Crippen LogP contribution is -2.54. The highest BCUT2D eigenvalue weighted by atomic mass is 19.4. The van der Waals surface area contributed by atoms with Crippen LogP contribution in [0.25, 0.3) is 0 Å². The van der Waals surface area contributed by atoms with Gasteiger partial charge in [-0.15, -0.1) is 0 Å². The third-order valence-electron chi connectivity index (χ3n) is 4.77. The fourth-order valence-electron chi connectivity index (χ4n) is 2.91. The molecule has 1 fully saturated rings. The first kappa shape index (κ1) is 20.2. The quantitative estimate of drug-likeness (QED) is 0.717. The molecule has 1 atom stereocenters. The molecule has 0 bridgehead atoms. The molecule has 1 aromatic carbocycles. The largest absolute Gasteiger partial charge is 0.416 e. The van der Waals surface area contributed by atoms with Gasteiger partial charge in [0.1, 0.15) is 0 Å². The molecule has 0 unspecified atom stereocenters. The molecule has 144 valence electrons. The minimum absolute atomic E-state index is 0.0684. The number of carbonyl (C=O) groups is 2. The summed E-state index contributed by atoms with van der Waals surface area (Å²) in [5.41, 5.74) is 4.58. The lowest BCUT2D eigenvalue weighted by Gasteiger charge is -2.43. The molecule has 26 heavy (non-hydrogen) atoms. The van der Waals surface area contributed by atoms with Gasteiger partial charge in [-0.1, -0.05) is 26.0 Å². The SMILES string of the molecule is CC(C)[C@H](N)C(=O)NCC(=O)NC1(c2cccc(C(F)(F)F)c2)CCC1. The van der Waals surface area contributed by atoms with E-state index in [2.05, 4.69) is 10.6 Å². The molecular formula is C18H24F3N3O2. The lowest BCUT2D eigenvalue weighted by molar-refractivity contribution is -0.137. The van der Waals surface area contributed by atoms with Crippen LogP contribution in [0.3, 0.4) is 0 Å². The van der Waals surface area contributed by atoms with Crippen molar-refractivity contribution in [2.45, 2.75) is 50.9 Å². The average molecular weight is 371 g/mol. The second kappa shape index (κ2) is 7.65. The van der Waals surface area contributed by atoms with Crippen LogP contribution in [-0.2, 0) is 21.3 Å². The molecule has 0 heterocycles. The Balaban J connectivity index is 2.04. The van der Waals surface area contributed by atoms with Crippen molar-refractivity contribution in [2.75, 3.05) is 6.54 Å². The van der Waals surface area contributed by atoms with Gasteiger partial charge in [0.2, 0.25) is 11.8 Å². The molecule has 2 rings (SSSR count). The molecule has 1 saturated carbocycles. The Morgan fingerprint density at radius 2 is 1.92 bits per heavy atom. The Bertz CT molecular complexity index is 670. The highest BCUT2D eigenvalue weighted by molar-refractivity contribution is 5.87. The molecule has 2 amide bonds. The van der Waals surface area contributed by atoms with Crippen molar-refractivity contribution in [3.05, 3.63) is 35.4 Å². The Morgan fingerprint density at radius 3 is 2.42 bits per heavy atom. The Labute approximate surface area is 150 Å². The standard InChI is InChI=1S/C18H24F3N3O2/c1-11(2)15(22)16(26)23-10-14(25)24-17(7-4-8-17)12-5-3-6-13(9-12)18(19,20)21/h3,5-6,9,11,15H,4,7-8,10,22H2,1-2H3,(H,23,26)(H,24,25)/t15-/m0/s1. The first-order chi connectivity index (χ1) is 12.0. The van der Waals surface area contributed by atoms with E-state index < -0.39 is 35.1 Å². The van der Waals surface area contributed by atoms with Crippen LogP contribution in [0.5, 0.6) is 0 Å². The van der Waals surface area contributed by atoms with E-state index >= 15 is 0 Å². The summed E-state index contributed by atoms with van der Waals surface area (Å²) in [4.78, 5) is 24.0. The van der Waals surface area contributed by atoms with Gasteiger partial charge in [-0.25, -0.2) is 0 Å². The molecule has 5 nitrogen and oxygen atoms in total. The molecule has 1 aliphatic carbocycles. The van der Waals surface area contributed by atoms with Crippen molar-refractivity contribution in [3.63, 3.8) is 0 Å². The fourth-order valence-corrected chi connectivity index (χ4v) is 2.91. The molecule has 0 radical (unpaired) electrons. The van der Waals surface area contributed by atoms with Gasteiger partial charge in [0.15, 0.2) is 0 Å². The zero-order valence-corrected chi connectivity index (χ0v) is 14.8. The number of rotatable bonds is 6. The maximum atomic E-state index is 12.9. The predicted molar refractivity (Wildman–Crippen MR) is 90.9 cm³/mol. The first-order valence-corrected chi connectivity index (χ1v) is 8.57. The normalized spacial score (nSPS) is 17.3. The molecule has 1 aromatic rings. The minimum atomic E-state index is -4.44. The third-order valence-corrected chi connectivity index (χ3v) is 4.77. The van der Waals surface area contributed by atoms with Gasteiger partial charge in [0.25, 0.3) is 0 Å². The van der Waals surface area contributed by atoms with Crippen molar-refractivity contribution >= 4 is 11.8 Å². The molecule has 1 aliphatic rings. The zero-order chi connectivity index (χ0) is 19.5. The molecule has 8 heteroatoms. The lowest BCUT2D eigenvalue weighted by atomic mass is 9.71. The number of halogens is 3. The van der Waals surface area contributed by atoms with Crippen LogP contribution in [0.1, 0.15) is 44.2 Å². The number of carbonyl (C=O) groups excluding carboxylic acids is 2. The molecule has 4 N–H and O–H groups in total. The van der Waals surface area contributed by atoms with Crippen molar-refractivity contribution in [2.24, 2.45) is 11.7 Å². The average Bonchev–Trinajstić information content (AvgIpc) is 2.54. The zero-order valence-electron chi connectivity index (χ0n) is 14.8. The van der Waals surface area contributed by atoms with Gasteiger partial charge < -0.3 is 16.4 Å². The van der Waals surface area contributed by atoms with Crippen LogP contribution in [0.15, 0.2) is 24.3 Å². The van der Waals surface area contributed by atoms with Crippen LogP contribution in [0.4, 0.5) is 13.2 Å². The molecule has 0 saturated heterocycles. The number of nitrogens with one attached hydrogen (secondary N) is 2. The highest BCUT2D eigenvalue weighted by Crippen LogP contribution is 2.42. The second-order valence-corrected chi connectivity index (χ2v) is 7.05. The molecule has 0 spiro atoms. The van der Waals surface area contributed by atoms with Crippen molar-refractivity contribution in [1.29, 1.82) is 0 Å². The topological polar surface area (TPSA) is 84.2 Å². The number of alkyl halides is 3. The van der Waals surface area contributed by atoms with E-state index in [-0.39, 0.29) is 12.5 Å². The monoisotopic (exact) mass is 371 g/mol. The summed E-state index contributed by atoms with van der Waals surface area (Å²) in [6.07, 6.45) is -2.52. The summed E-state index contributed by atoms with van der Waals surface area (Å²) in [6, 6.07) is 4.29. The van der Waals surface area contributed by atoms with Gasteiger partial charge in [0.05, 0.1) is 23.7 Å². The van der Waals surface area contributed by atoms with Crippen LogP contribution in [0.2, 0.25) is 0 Å². The maximum Gasteiger partial charge on any atom is 0.416 e. The Hall–Kier alpha value is -2.09. The first-order valence-electron chi connectivity index (χ1n) is 8.57. The summed E-state index contributed by atoms with van der Waals surface area (Å²) in [5, 5.41) is 5.25. The van der Waals surface area contributed by atoms with Crippen LogP contribution in [0, 0.1) is 5.92 Å². The molecular weight excluding hydrogens is 347 g/mol. The van der Waals surface area contributed by atoms with Crippen molar-refractivity contribution < 1.29 is 22.8 Å². The number of amides is 2. The smallest absolute Gasteiger partial charge is 0.346 e. The Morgan fingerprint density at radius 1 is 1.27 bits per heavy atom. The van der Waals surface area contributed by atoms with Crippen molar-refractivity contribution in [1.82, 2.24) is 10.6 Å². The van der Waals surface area contributed by atoms with Gasteiger partial charge in [-0.3, -0.25) is 9.59 Å². The van der Waals surface area contributed by atoms with E-state index in [1.807, 2.05) is 0 Å². The summed E-state index contributed by atoms with van der Waals surface area (Å²) in [7, 11) is 0. The van der Waals surface area contributed by atoms with E-state index in [0.29, 0.717) is 18.4 Å². The summed E-state index contributed by atoms with van der Waals surface area (Å²) in [5.74, 6) is -0.954. The summed E-state index contributed by atoms with van der Waals surface area (Å²) >= 11 is 0. The molecule has 0 aromatic heterocycles. The second-order valence-electron chi connectivity index (χ2n) is 7.05. The number of hydrogen-bond acceptors (Lipinski definition) is 3. The van der Waals surface area contributed by atoms with Crippen LogP contribution >= 0.6 is 0 Å². The summed E-state index contributed by atoms with van der Waals surface area (Å²) < 4.78 is 38.8. The van der Waals surface area contributed by atoms with E-state index in [0.717, 1.165) is 18.6 Å². The fraction of sp³-hybridized carbons (Fsp3) is 0.556. The highest BCUT2D eigenvalue weighted by Gasteiger charge is 2.41. The van der Waals surface area contributed by atoms with E-state index in [1.54, 1.807) is 19.9 Å². The summed E-state index contributed by atoms with van der Waals surface area (Å²) in [6.45, 7) is 3.32. The van der Waals surface area contributed by atoms with E-state index in [9.17, 15) is 22.8 Å². The Kier molecular flexibility index (Phi) is 5.95. The van der Waals surface area contributed by atoms with Gasteiger partial charge in [-0.05, 0) is 42.9 Å². The van der Waals surface area contributed by atoms with Gasteiger partial charge in [-0.2, -0.15) is 13.2 Å². The van der Waals surface area contributed by atoms with Crippen LogP contribution in [-0.4, -0.2) is 24.4 Å². The predicted octanol–water partition coefficient (Wildman–Crippen LogP) is 2.30. The van der Waals surface area contributed by atoms with E-state index in [4.69, 9.17) is 5.73 Å². The number of nitrogens with two attached hydrogens (primary N) is 1. The number of hydrogen-bond donors (Lipinski definition) is 3. The third kappa shape index (κ3) is 4.55. The van der Waals surface area contributed by atoms with Crippen molar-refractivity contribution in [3.8, 4) is 0 Å². The number of benzene rings is 1. The maximum absolute atomic E-state index is 12.9. The van der Waals surface area contributed by atoms with Gasteiger partial charge >= 0.3 is 6.18 Å². The minimum Gasteiger partial charge on any atom is -0.346 e. The molecule has 0 aliphatic heterocycles.